The SMILES string of the molecule is Cc1ccc(C(=O)CN(CCC(=O)O)c2ccccc2)cc1. The second-order valence-corrected chi connectivity index (χ2v) is 5.19. The lowest BCUT2D eigenvalue weighted by Crippen LogP contribution is -2.32. The molecule has 0 unspecified atom stereocenters. The van der Waals surface area contributed by atoms with Gasteiger partial charge in [-0.2, -0.15) is 0 Å². The third kappa shape index (κ3) is 4.45. The zero-order chi connectivity index (χ0) is 15.9. The summed E-state index contributed by atoms with van der Waals surface area (Å²) in [6.07, 6.45) is -0.00390. The van der Waals surface area contributed by atoms with Gasteiger partial charge in [-0.3, -0.25) is 9.59 Å². The van der Waals surface area contributed by atoms with E-state index in [2.05, 4.69) is 0 Å². The van der Waals surface area contributed by atoms with E-state index in [-0.39, 0.29) is 18.7 Å². The summed E-state index contributed by atoms with van der Waals surface area (Å²) in [6, 6.07) is 16.8. The molecule has 114 valence electrons. The quantitative estimate of drug-likeness (QED) is 0.798. The van der Waals surface area contributed by atoms with Crippen LogP contribution in [0.4, 0.5) is 5.69 Å². The average Bonchev–Trinajstić information content (AvgIpc) is 2.52. The van der Waals surface area contributed by atoms with Crippen LogP contribution in [-0.2, 0) is 4.79 Å². The molecule has 0 aliphatic rings. The number of ketones is 1. The molecule has 0 saturated heterocycles. The molecule has 2 aromatic rings. The molecule has 0 radical (unpaired) electrons. The van der Waals surface area contributed by atoms with Crippen LogP contribution in [0.1, 0.15) is 22.3 Å². The van der Waals surface area contributed by atoms with Gasteiger partial charge in [0.25, 0.3) is 0 Å². The van der Waals surface area contributed by atoms with Crippen LogP contribution in [0.3, 0.4) is 0 Å². The summed E-state index contributed by atoms with van der Waals surface area (Å²) in [4.78, 5) is 25.0. The van der Waals surface area contributed by atoms with Gasteiger partial charge in [-0.05, 0) is 19.1 Å². The van der Waals surface area contributed by atoms with Crippen LogP contribution >= 0.6 is 0 Å². The van der Waals surface area contributed by atoms with E-state index in [4.69, 9.17) is 5.11 Å². The van der Waals surface area contributed by atoms with E-state index < -0.39 is 5.97 Å². The molecule has 0 saturated carbocycles. The topological polar surface area (TPSA) is 57.6 Å². The van der Waals surface area contributed by atoms with Crippen molar-refractivity contribution in [2.75, 3.05) is 18.0 Å². The van der Waals surface area contributed by atoms with Crippen LogP contribution in [0, 0.1) is 6.92 Å². The number of carbonyl (C=O) groups is 2. The molecule has 2 aromatic carbocycles. The maximum atomic E-state index is 12.4. The summed E-state index contributed by atoms with van der Waals surface area (Å²) in [5.74, 6) is -0.891. The highest BCUT2D eigenvalue weighted by molar-refractivity contribution is 5.99. The van der Waals surface area contributed by atoms with Gasteiger partial charge in [0, 0.05) is 17.8 Å². The second-order valence-electron chi connectivity index (χ2n) is 5.19. The van der Waals surface area contributed by atoms with Gasteiger partial charge < -0.3 is 10.0 Å². The Bertz CT molecular complexity index is 635. The molecule has 0 amide bonds. The summed E-state index contributed by atoms with van der Waals surface area (Å²) < 4.78 is 0. The van der Waals surface area contributed by atoms with Gasteiger partial charge in [-0.25, -0.2) is 0 Å². The number of carboxylic acid groups (broad SMARTS) is 1. The Morgan fingerprint density at radius 2 is 1.64 bits per heavy atom. The fraction of sp³-hybridized carbons (Fsp3) is 0.222. The van der Waals surface area contributed by atoms with Crippen LogP contribution in [-0.4, -0.2) is 29.9 Å². The summed E-state index contributed by atoms with van der Waals surface area (Å²) in [7, 11) is 0. The smallest absolute Gasteiger partial charge is 0.305 e. The molecule has 0 aliphatic heterocycles. The predicted octanol–water partition coefficient (Wildman–Crippen LogP) is 3.16. The third-order valence-corrected chi connectivity index (χ3v) is 3.42. The minimum atomic E-state index is -0.872. The molecule has 0 atom stereocenters. The Hall–Kier alpha value is -2.62. The highest BCUT2D eigenvalue weighted by Gasteiger charge is 2.14. The van der Waals surface area contributed by atoms with E-state index in [0.717, 1.165) is 11.3 Å². The number of aryl methyl sites for hydroxylation is 1. The number of rotatable bonds is 7. The first-order chi connectivity index (χ1) is 10.6. The van der Waals surface area contributed by atoms with E-state index >= 15 is 0 Å². The first-order valence-electron chi connectivity index (χ1n) is 7.18. The molecule has 22 heavy (non-hydrogen) atoms. The van der Waals surface area contributed by atoms with Crippen LogP contribution in [0.2, 0.25) is 0 Å². The summed E-state index contributed by atoms with van der Waals surface area (Å²) in [5.41, 5.74) is 2.59. The van der Waals surface area contributed by atoms with Crippen molar-refractivity contribution in [1.29, 1.82) is 0 Å². The lowest BCUT2D eigenvalue weighted by atomic mass is 10.1. The Morgan fingerprint density at radius 1 is 1.00 bits per heavy atom. The number of benzene rings is 2. The normalized spacial score (nSPS) is 10.2. The Labute approximate surface area is 130 Å². The lowest BCUT2D eigenvalue weighted by Gasteiger charge is -2.23. The molecule has 4 nitrogen and oxygen atoms in total. The number of carbonyl (C=O) groups excluding carboxylic acids is 1. The monoisotopic (exact) mass is 297 g/mol. The number of hydrogen-bond acceptors (Lipinski definition) is 3. The van der Waals surface area contributed by atoms with Gasteiger partial charge in [0.1, 0.15) is 0 Å². The van der Waals surface area contributed by atoms with Crippen molar-refractivity contribution in [3.8, 4) is 0 Å². The van der Waals surface area contributed by atoms with E-state index in [0.29, 0.717) is 12.1 Å². The summed E-state index contributed by atoms with van der Waals surface area (Å²) in [5, 5.41) is 8.88. The fourth-order valence-electron chi connectivity index (χ4n) is 2.17. The highest BCUT2D eigenvalue weighted by atomic mass is 16.4. The molecule has 0 fully saturated rings. The van der Waals surface area contributed by atoms with Gasteiger partial charge in [-0.15, -0.1) is 0 Å². The van der Waals surface area contributed by atoms with Crippen molar-refractivity contribution < 1.29 is 14.7 Å². The predicted molar refractivity (Wildman–Crippen MR) is 86.4 cm³/mol. The maximum absolute atomic E-state index is 12.4. The van der Waals surface area contributed by atoms with Crippen molar-refractivity contribution in [1.82, 2.24) is 0 Å². The standard InChI is InChI=1S/C18H19NO3/c1-14-7-9-15(10-8-14)17(20)13-19(12-11-18(21)22)16-5-3-2-4-6-16/h2-10H,11-13H2,1H3,(H,21,22). The van der Waals surface area contributed by atoms with E-state index in [9.17, 15) is 9.59 Å². The summed E-state index contributed by atoms with van der Waals surface area (Å²) in [6.45, 7) is 2.44. The fourth-order valence-corrected chi connectivity index (χ4v) is 2.17. The van der Waals surface area contributed by atoms with Crippen LogP contribution in [0.15, 0.2) is 54.6 Å². The zero-order valence-corrected chi connectivity index (χ0v) is 12.5. The molecule has 0 heterocycles. The molecule has 0 aliphatic carbocycles. The van der Waals surface area contributed by atoms with Crippen molar-refractivity contribution >= 4 is 17.4 Å². The molecule has 0 spiro atoms. The zero-order valence-electron chi connectivity index (χ0n) is 12.5. The maximum Gasteiger partial charge on any atom is 0.305 e. The van der Waals surface area contributed by atoms with Gasteiger partial charge >= 0.3 is 5.97 Å². The van der Waals surface area contributed by atoms with E-state index in [1.165, 1.54) is 0 Å². The largest absolute Gasteiger partial charge is 0.481 e. The van der Waals surface area contributed by atoms with E-state index in [1.807, 2.05) is 49.4 Å². The number of carboxylic acids is 1. The van der Waals surface area contributed by atoms with Crippen molar-refractivity contribution in [2.45, 2.75) is 13.3 Å². The van der Waals surface area contributed by atoms with Gasteiger partial charge in [-0.1, -0.05) is 48.0 Å². The first kappa shape index (κ1) is 15.8. The van der Waals surface area contributed by atoms with Gasteiger partial charge in [0.05, 0.1) is 13.0 Å². The number of para-hydroxylation sites is 1. The van der Waals surface area contributed by atoms with Crippen LogP contribution < -0.4 is 4.90 Å². The molecule has 0 bridgehead atoms. The molecule has 1 N–H and O–H groups in total. The van der Waals surface area contributed by atoms with Crippen molar-refractivity contribution in [2.24, 2.45) is 0 Å². The minimum absolute atomic E-state index is 0.00390. The number of nitrogens with zero attached hydrogens (tertiary/aromatic N) is 1. The van der Waals surface area contributed by atoms with E-state index in [1.54, 1.807) is 17.0 Å². The van der Waals surface area contributed by atoms with Gasteiger partial charge in [0.15, 0.2) is 5.78 Å². The van der Waals surface area contributed by atoms with Crippen molar-refractivity contribution in [3.63, 3.8) is 0 Å². The summed E-state index contributed by atoms with van der Waals surface area (Å²) >= 11 is 0. The molecular formula is C18H19NO3. The van der Waals surface area contributed by atoms with Crippen molar-refractivity contribution in [3.05, 3.63) is 65.7 Å². The lowest BCUT2D eigenvalue weighted by molar-refractivity contribution is -0.136. The van der Waals surface area contributed by atoms with Crippen LogP contribution in [0.5, 0.6) is 0 Å². The second kappa shape index (κ2) is 7.41. The minimum Gasteiger partial charge on any atom is -0.481 e. The number of aliphatic carboxylic acids is 1. The number of hydrogen-bond donors (Lipinski definition) is 1. The third-order valence-electron chi connectivity index (χ3n) is 3.42. The van der Waals surface area contributed by atoms with Crippen LogP contribution in [0.25, 0.3) is 0 Å². The number of anilines is 1. The highest BCUT2D eigenvalue weighted by Crippen LogP contribution is 2.15. The molecule has 2 rings (SSSR count). The Kier molecular flexibility index (Phi) is 5.31. The Morgan fingerprint density at radius 3 is 2.23 bits per heavy atom. The first-order valence-corrected chi connectivity index (χ1v) is 7.18. The average molecular weight is 297 g/mol. The Balaban J connectivity index is 2.13. The van der Waals surface area contributed by atoms with Gasteiger partial charge in [0.2, 0.25) is 0 Å². The molecular weight excluding hydrogens is 278 g/mol. The molecule has 0 aromatic heterocycles. The molecule has 4 heteroatoms. The number of Topliss-reactive ketones (excluding diaryl/α,β-unsaturated/α-hetero) is 1.